The molecule has 1 amide bonds. The summed E-state index contributed by atoms with van der Waals surface area (Å²) < 4.78 is 64.9. The van der Waals surface area contributed by atoms with Crippen LogP contribution >= 0.6 is 0 Å². The Bertz CT molecular complexity index is 989. The number of hydrogen-bond donors (Lipinski definition) is 2. The van der Waals surface area contributed by atoms with Crippen molar-refractivity contribution in [1.82, 2.24) is 0 Å². The van der Waals surface area contributed by atoms with Crippen LogP contribution in [0.4, 0.5) is 24.5 Å². The van der Waals surface area contributed by atoms with Gasteiger partial charge in [0.2, 0.25) is 5.91 Å². The maximum atomic E-state index is 12.9. The van der Waals surface area contributed by atoms with Crippen LogP contribution < -0.4 is 9.62 Å². The van der Waals surface area contributed by atoms with Gasteiger partial charge < -0.3 is 10.4 Å². The van der Waals surface area contributed by atoms with Crippen molar-refractivity contribution in [2.45, 2.75) is 18.0 Å². The smallest absolute Gasteiger partial charge is 0.416 e. The number of hydrogen-bond acceptors (Lipinski definition) is 4. The van der Waals surface area contributed by atoms with Gasteiger partial charge in [-0.1, -0.05) is 6.07 Å². The third-order valence-electron chi connectivity index (χ3n) is 3.50. The molecule has 0 fully saturated rings. The summed E-state index contributed by atoms with van der Waals surface area (Å²) in [5, 5.41) is 11.5. The zero-order chi connectivity index (χ0) is 21.1. The summed E-state index contributed by atoms with van der Waals surface area (Å²) in [4.78, 5) is 21.8. The minimum Gasteiger partial charge on any atom is -0.480 e. The molecule has 0 aliphatic heterocycles. The predicted molar refractivity (Wildman–Crippen MR) is 94.4 cm³/mol. The second-order valence-electron chi connectivity index (χ2n) is 5.66. The molecule has 0 saturated carbocycles. The lowest BCUT2D eigenvalue weighted by atomic mass is 10.2. The van der Waals surface area contributed by atoms with Crippen molar-refractivity contribution in [2.24, 2.45) is 0 Å². The van der Waals surface area contributed by atoms with Crippen molar-refractivity contribution in [1.29, 1.82) is 0 Å². The minimum atomic E-state index is -4.73. The first-order valence-corrected chi connectivity index (χ1v) is 9.15. The molecule has 11 heteroatoms. The number of nitrogens with one attached hydrogen (secondary N) is 1. The number of amides is 1. The van der Waals surface area contributed by atoms with E-state index >= 15 is 0 Å². The first-order chi connectivity index (χ1) is 12.9. The molecule has 2 aromatic rings. The number of carboxylic acid groups (broad SMARTS) is 1. The summed E-state index contributed by atoms with van der Waals surface area (Å²) in [6.07, 6.45) is -4.73. The van der Waals surface area contributed by atoms with Crippen LogP contribution in [0.15, 0.2) is 53.4 Å². The Morgan fingerprint density at radius 3 is 2.21 bits per heavy atom. The molecule has 150 valence electrons. The lowest BCUT2D eigenvalue weighted by molar-refractivity contribution is -0.137. The fourth-order valence-electron chi connectivity index (χ4n) is 2.32. The van der Waals surface area contributed by atoms with Gasteiger partial charge in [0.1, 0.15) is 6.54 Å². The molecule has 0 aromatic heterocycles. The fraction of sp³-hybridized carbons (Fsp3) is 0.176. The van der Waals surface area contributed by atoms with Crippen LogP contribution in [0.25, 0.3) is 0 Å². The van der Waals surface area contributed by atoms with Crippen molar-refractivity contribution < 1.29 is 36.3 Å². The van der Waals surface area contributed by atoms with Gasteiger partial charge in [0.25, 0.3) is 10.0 Å². The van der Waals surface area contributed by atoms with Gasteiger partial charge in [0.05, 0.1) is 16.1 Å². The predicted octanol–water partition coefficient (Wildman–Crippen LogP) is 2.94. The number of halogens is 3. The third-order valence-corrected chi connectivity index (χ3v) is 5.29. The monoisotopic (exact) mass is 416 g/mol. The van der Waals surface area contributed by atoms with E-state index in [0.29, 0.717) is 16.1 Å². The number of carbonyl (C=O) groups excluding carboxylic acids is 1. The number of carboxylic acids is 1. The van der Waals surface area contributed by atoms with E-state index in [0.717, 1.165) is 30.3 Å². The van der Waals surface area contributed by atoms with Crippen molar-refractivity contribution in [3.63, 3.8) is 0 Å². The number of sulfonamides is 1. The van der Waals surface area contributed by atoms with Gasteiger partial charge in [0.15, 0.2) is 0 Å². The van der Waals surface area contributed by atoms with Crippen LogP contribution in [-0.2, 0) is 25.8 Å². The van der Waals surface area contributed by atoms with E-state index in [1.807, 2.05) is 0 Å². The van der Waals surface area contributed by atoms with Gasteiger partial charge >= 0.3 is 12.1 Å². The van der Waals surface area contributed by atoms with Crippen LogP contribution in [-0.4, -0.2) is 31.9 Å². The van der Waals surface area contributed by atoms with E-state index in [1.54, 1.807) is 0 Å². The van der Waals surface area contributed by atoms with Gasteiger partial charge in [-0.25, -0.2) is 8.42 Å². The summed E-state index contributed by atoms with van der Waals surface area (Å²) in [7, 11) is -4.48. The Morgan fingerprint density at radius 2 is 1.71 bits per heavy atom. The molecule has 2 N–H and O–H groups in total. The lowest BCUT2D eigenvalue weighted by Crippen LogP contribution is -2.36. The Balaban J connectivity index is 2.50. The summed E-state index contributed by atoms with van der Waals surface area (Å²) >= 11 is 0. The standard InChI is InChI=1S/C17H15F3N2O5S/c1-11(23)21-13-5-7-15(8-6-13)28(26,27)22(10-16(24)25)14-4-2-3-12(9-14)17(18,19)20/h2-9H,10H2,1H3,(H,21,23)(H,24,25). The minimum absolute atomic E-state index is 0.301. The average molecular weight is 416 g/mol. The van der Waals surface area contributed by atoms with Crippen molar-refractivity contribution >= 4 is 33.3 Å². The summed E-state index contributed by atoms with van der Waals surface area (Å²) in [6.45, 7) is 0.185. The Labute approximate surface area is 158 Å². The molecule has 0 aliphatic rings. The molecule has 0 saturated heterocycles. The summed E-state index contributed by atoms with van der Waals surface area (Å²) in [5.74, 6) is -1.93. The molecule has 2 aromatic carbocycles. The van der Waals surface area contributed by atoms with Gasteiger partial charge in [-0.3, -0.25) is 13.9 Å². The van der Waals surface area contributed by atoms with Crippen molar-refractivity contribution in [3.05, 3.63) is 54.1 Å². The van der Waals surface area contributed by atoms with Crippen molar-refractivity contribution in [2.75, 3.05) is 16.2 Å². The molecule has 0 aliphatic carbocycles. The van der Waals surface area contributed by atoms with E-state index in [1.165, 1.54) is 19.1 Å². The third kappa shape index (κ3) is 5.00. The zero-order valence-electron chi connectivity index (χ0n) is 14.4. The topological polar surface area (TPSA) is 104 Å². The molecular formula is C17H15F3N2O5S. The van der Waals surface area contributed by atoms with Gasteiger partial charge in [0, 0.05) is 12.6 Å². The van der Waals surface area contributed by atoms with Gasteiger partial charge in [-0.2, -0.15) is 13.2 Å². The first kappa shape index (κ1) is 21.2. The van der Waals surface area contributed by atoms with Crippen molar-refractivity contribution in [3.8, 4) is 0 Å². The van der Waals surface area contributed by atoms with Gasteiger partial charge in [-0.15, -0.1) is 0 Å². The number of rotatable bonds is 6. The second kappa shape index (κ2) is 7.89. The number of aliphatic carboxylic acids is 1. The molecule has 2 rings (SSSR count). The largest absolute Gasteiger partial charge is 0.480 e. The number of anilines is 2. The molecule has 28 heavy (non-hydrogen) atoms. The van der Waals surface area contributed by atoms with Gasteiger partial charge in [-0.05, 0) is 42.5 Å². The molecule has 0 unspecified atom stereocenters. The number of benzene rings is 2. The molecular weight excluding hydrogens is 401 g/mol. The average Bonchev–Trinajstić information content (AvgIpc) is 2.59. The maximum absolute atomic E-state index is 12.9. The second-order valence-corrected chi connectivity index (χ2v) is 7.52. The highest BCUT2D eigenvalue weighted by Crippen LogP contribution is 2.33. The zero-order valence-corrected chi connectivity index (χ0v) is 15.2. The normalized spacial score (nSPS) is 11.7. The van der Waals surface area contributed by atoms with Crippen LogP contribution in [0.5, 0.6) is 0 Å². The SMILES string of the molecule is CC(=O)Nc1ccc(S(=O)(=O)N(CC(=O)O)c2cccc(C(F)(F)F)c2)cc1. The highest BCUT2D eigenvalue weighted by atomic mass is 32.2. The molecule has 0 heterocycles. The van der Waals surface area contributed by atoms with E-state index in [9.17, 15) is 31.2 Å². The number of alkyl halides is 3. The lowest BCUT2D eigenvalue weighted by Gasteiger charge is -2.23. The van der Waals surface area contributed by atoms with Crippen LogP contribution in [0.1, 0.15) is 12.5 Å². The van der Waals surface area contributed by atoms with E-state index in [4.69, 9.17) is 5.11 Å². The molecule has 0 atom stereocenters. The highest BCUT2D eigenvalue weighted by Gasteiger charge is 2.33. The Kier molecular flexibility index (Phi) is 5.98. The number of carbonyl (C=O) groups is 2. The maximum Gasteiger partial charge on any atom is 0.416 e. The fourth-order valence-corrected chi connectivity index (χ4v) is 3.72. The first-order valence-electron chi connectivity index (χ1n) is 7.70. The summed E-state index contributed by atoms with van der Waals surface area (Å²) in [6, 6.07) is 8.15. The van der Waals surface area contributed by atoms with Crippen LogP contribution in [0, 0.1) is 0 Å². The van der Waals surface area contributed by atoms with E-state index < -0.39 is 40.0 Å². The van der Waals surface area contributed by atoms with Crippen LogP contribution in [0.2, 0.25) is 0 Å². The van der Waals surface area contributed by atoms with Crippen LogP contribution in [0.3, 0.4) is 0 Å². The molecule has 0 spiro atoms. The molecule has 7 nitrogen and oxygen atoms in total. The number of nitrogens with zero attached hydrogens (tertiary/aromatic N) is 1. The molecule has 0 radical (unpaired) electrons. The van der Waals surface area contributed by atoms with E-state index in [2.05, 4.69) is 5.32 Å². The molecule has 0 bridgehead atoms. The van der Waals surface area contributed by atoms with E-state index in [-0.39, 0.29) is 10.8 Å². The summed E-state index contributed by atoms with van der Waals surface area (Å²) in [5.41, 5.74) is -1.25. The Morgan fingerprint density at radius 1 is 1.11 bits per heavy atom. The quantitative estimate of drug-likeness (QED) is 0.754. The highest BCUT2D eigenvalue weighted by molar-refractivity contribution is 7.92. The Hall–Kier alpha value is -3.08.